The van der Waals surface area contributed by atoms with Gasteiger partial charge in [-0.1, -0.05) is 80.2 Å². The third-order valence-electron chi connectivity index (χ3n) is 15.0. The summed E-state index contributed by atoms with van der Waals surface area (Å²) < 4.78 is 29.7. The first-order valence-electron chi connectivity index (χ1n) is 20.9. The van der Waals surface area contributed by atoms with Crippen molar-refractivity contribution in [2.24, 2.45) is 38.9 Å². The number of hydrogen-bond donors (Lipinski definition) is 3. The van der Waals surface area contributed by atoms with Crippen LogP contribution in [0.2, 0.25) is 0 Å². The molecule has 4 amide bonds. The number of nitrogens with zero attached hydrogens (tertiary/aromatic N) is 4. The molecule has 0 aromatic carbocycles. The van der Waals surface area contributed by atoms with Crippen LogP contribution in [-0.4, -0.2) is 94.8 Å². The first-order valence-corrected chi connectivity index (χ1v) is 22.3. The number of carbonyl (C=O) groups excluding carboxylic acids is 5. The molecule has 0 radical (unpaired) electrons. The molecule has 4 aliphatic carbocycles. The van der Waals surface area contributed by atoms with Crippen molar-refractivity contribution in [3.63, 3.8) is 0 Å². The molecule has 57 heavy (non-hydrogen) atoms. The largest absolute Gasteiger partial charge is 0.342 e. The second kappa shape index (κ2) is 15.5. The fourth-order valence-corrected chi connectivity index (χ4v) is 12.4. The van der Waals surface area contributed by atoms with Crippen molar-refractivity contribution >= 4 is 39.6 Å². The monoisotopic (exact) mass is 809 g/mol. The molecule has 0 bridgehead atoms. The van der Waals surface area contributed by atoms with Gasteiger partial charge in [-0.25, -0.2) is 9.71 Å². The number of aromatic nitrogens is 2. The Hall–Kier alpha value is -3.72. The van der Waals surface area contributed by atoms with Gasteiger partial charge in [-0.05, 0) is 66.6 Å². The molecular formula is C42H63N7O7S. The summed E-state index contributed by atoms with van der Waals surface area (Å²) in [7, 11) is -4.14. The number of fused-ring (bicyclic) bond motifs is 1. The van der Waals surface area contributed by atoms with Gasteiger partial charge in [-0.15, -0.1) is 6.58 Å². The molecule has 2 heterocycles. The highest BCUT2D eigenvalue weighted by molar-refractivity contribution is 7.87. The topological polar surface area (TPSA) is 188 Å². The summed E-state index contributed by atoms with van der Waals surface area (Å²) in [6.07, 6.45) is 13.7. The van der Waals surface area contributed by atoms with Crippen molar-refractivity contribution in [2.75, 3.05) is 19.6 Å². The second-order valence-electron chi connectivity index (χ2n) is 18.9. The zero-order valence-electron chi connectivity index (χ0n) is 34.9. The normalized spacial score (nSPS) is 28.6. The number of amides is 4. The molecule has 5 aliphatic rings. The molecule has 5 fully saturated rings. The quantitative estimate of drug-likeness (QED) is 0.217. The van der Waals surface area contributed by atoms with E-state index in [2.05, 4.69) is 45.8 Å². The first-order chi connectivity index (χ1) is 26.8. The van der Waals surface area contributed by atoms with Crippen molar-refractivity contribution in [3.05, 3.63) is 36.9 Å². The van der Waals surface area contributed by atoms with Gasteiger partial charge in [0, 0.05) is 43.9 Å². The predicted molar refractivity (Wildman–Crippen MR) is 214 cm³/mol. The molecule has 314 valence electrons. The number of Topliss-reactive ketones (excluding diaryl/α,β-unsaturated/α-hetero) is 1. The third kappa shape index (κ3) is 7.33. The van der Waals surface area contributed by atoms with Crippen LogP contribution in [0, 0.1) is 38.9 Å². The molecule has 1 aromatic heterocycles. The minimum Gasteiger partial charge on any atom is -0.342 e. The van der Waals surface area contributed by atoms with E-state index in [4.69, 9.17) is 0 Å². The van der Waals surface area contributed by atoms with Crippen LogP contribution >= 0.6 is 0 Å². The lowest BCUT2D eigenvalue weighted by molar-refractivity contribution is -0.144. The van der Waals surface area contributed by atoms with Crippen LogP contribution in [-0.2, 0) is 29.4 Å². The molecule has 1 aliphatic heterocycles. The highest BCUT2D eigenvalue weighted by atomic mass is 32.2. The fourth-order valence-electron chi connectivity index (χ4n) is 11.1. The molecule has 1 aromatic rings. The Kier molecular flexibility index (Phi) is 11.6. The van der Waals surface area contributed by atoms with E-state index < -0.39 is 62.8 Å². The van der Waals surface area contributed by atoms with E-state index in [0.717, 1.165) is 55.7 Å². The Balaban J connectivity index is 1.29. The number of likely N-dealkylation sites (tertiary alicyclic amines) is 1. The Morgan fingerprint density at radius 1 is 0.982 bits per heavy atom. The molecule has 6 atom stereocenters. The number of rotatable bonds is 15. The average molecular weight is 810 g/mol. The molecule has 4 saturated carbocycles. The highest BCUT2D eigenvalue weighted by Gasteiger charge is 2.85. The Morgan fingerprint density at radius 2 is 1.65 bits per heavy atom. The summed E-state index contributed by atoms with van der Waals surface area (Å²) in [5.41, 5.74) is -2.48. The third-order valence-corrected chi connectivity index (χ3v) is 16.6. The number of ketones is 1. The smallest absolute Gasteiger partial charge is 0.303 e. The lowest BCUT2D eigenvalue weighted by atomic mass is 9.73. The number of hydrogen-bond acceptors (Lipinski definition) is 9. The maximum Gasteiger partial charge on any atom is 0.303 e. The average Bonchev–Trinajstić information content (AvgIpc) is 3.88. The van der Waals surface area contributed by atoms with Crippen LogP contribution in [0.25, 0.3) is 0 Å². The van der Waals surface area contributed by atoms with Crippen LogP contribution < -0.4 is 15.4 Å². The number of carbonyl (C=O) groups is 5. The van der Waals surface area contributed by atoms with E-state index in [0.29, 0.717) is 13.0 Å². The van der Waals surface area contributed by atoms with Crippen LogP contribution in [0.1, 0.15) is 130 Å². The van der Waals surface area contributed by atoms with Gasteiger partial charge in [-0.2, -0.15) is 12.7 Å². The van der Waals surface area contributed by atoms with Crippen LogP contribution in [0.4, 0.5) is 0 Å². The summed E-state index contributed by atoms with van der Waals surface area (Å²) in [5.74, 6) is -2.96. The molecule has 6 rings (SSSR count). The van der Waals surface area contributed by atoms with E-state index in [1.807, 2.05) is 20.8 Å². The Labute approximate surface area is 338 Å². The minimum atomic E-state index is -4.14. The number of allylic oxidation sites excluding steroid dienone is 1. The fraction of sp³-hybridized carbons (Fsp3) is 0.738. The van der Waals surface area contributed by atoms with E-state index in [9.17, 15) is 27.6 Å². The van der Waals surface area contributed by atoms with Crippen molar-refractivity contribution < 1.29 is 32.4 Å². The van der Waals surface area contributed by atoms with Crippen molar-refractivity contribution in [3.8, 4) is 0 Å². The lowest BCUT2D eigenvalue weighted by Gasteiger charge is -2.38. The Morgan fingerprint density at radius 3 is 2.16 bits per heavy atom. The summed E-state index contributed by atoms with van der Waals surface area (Å²) in [4.78, 5) is 81.4. The minimum absolute atomic E-state index is 0.0130. The highest BCUT2D eigenvalue weighted by Crippen LogP contribution is 2.88. The van der Waals surface area contributed by atoms with Gasteiger partial charge >= 0.3 is 10.2 Å². The standard InChI is InChI=1S/C42H63N7O7S/c1-9-28-22-40(28,37(54)47-57(55,56)48(10-2)11-3)24-31(50)30-23-42(39(7,8)41(42)18-15-19-41)26-49(30)36(53)33(38(4,5)6)46-35(52)32(27-16-13-12-14-17-27)45-34(51)29-25-43-20-21-44-29/h9,20-21,25,27-28,30,32-33H,1,10-19,22-24,26H2,2-8H3,(H,45,51)(H,46,52)(H,47,54)/t28-,30+,32?,33-,40-,42-/m1/s1. The van der Waals surface area contributed by atoms with E-state index >= 15 is 4.79 Å². The number of nitrogens with one attached hydrogen (secondary N) is 3. The van der Waals surface area contributed by atoms with Crippen molar-refractivity contribution in [1.82, 2.24) is 34.5 Å². The molecule has 1 unspecified atom stereocenters. The van der Waals surface area contributed by atoms with Gasteiger partial charge in [0.1, 0.15) is 17.8 Å². The van der Waals surface area contributed by atoms with E-state index in [-0.39, 0.29) is 65.5 Å². The molecule has 2 spiro atoms. The van der Waals surface area contributed by atoms with E-state index in [1.165, 1.54) is 18.6 Å². The molecule has 14 nitrogen and oxygen atoms in total. The summed E-state index contributed by atoms with van der Waals surface area (Å²) in [6.45, 7) is 18.0. The van der Waals surface area contributed by atoms with Gasteiger partial charge in [0.15, 0.2) is 5.78 Å². The van der Waals surface area contributed by atoms with Crippen LogP contribution in [0.15, 0.2) is 31.2 Å². The molecule has 1 saturated heterocycles. The summed E-state index contributed by atoms with van der Waals surface area (Å²) in [5, 5.41) is 5.98. The predicted octanol–water partition coefficient (Wildman–Crippen LogP) is 4.34. The molecular weight excluding hydrogens is 747 g/mol. The van der Waals surface area contributed by atoms with Gasteiger partial charge in [0.25, 0.3) is 5.91 Å². The van der Waals surface area contributed by atoms with Gasteiger partial charge < -0.3 is 15.5 Å². The van der Waals surface area contributed by atoms with Crippen LogP contribution in [0.5, 0.6) is 0 Å². The lowest BCUT2D eigenvalue weighted by Crippen LogP contribution is -2.61. The zero-order chi connectivity index (χ0) is 41.8. The molecule has 15 heteroatoms. The van der Waals surface area contributed by atoms with E-state index in [1.54, 1.807) is 24.8 Å². The van der Waals surface area contributed by atoms with Gasteiger partial charge in [0.2, 0.25) is 17.7 Å². The molecule has 3 N–H and O–H groups in total. The van der Waals surface area contributed by atoms with Crippen molar-refractivity contribution in [2.45, 2.75) is 137 Å². The Bertz CT molecular complexity index is 1870. The van der Waals surface area contributed by atoms with Gasteiger partial charge in [0.05, 0.1) is 17.7 Å². The SMILES string of the molecule is C=C[C@@H]1C[C@]1(CC(=O)[C@@H]1C[C@@]2(CN1C(=O)[C@@H](NC(=O)C(NC(=O)c1cnccn1)C1CCCCC1)C(C)(C)C)C(C)(C)C21CCC1)C(=O)NS(=O)(=O)N(CC)CC. The second-order valence-corrected chi connectivity index (χ2v) is 20.6. The zero-order valence-corrected chi connectivity index (χ0v) is 35.7. The summed E-state index contributed by atoms with van der Waals surface area (Å²) >= 11 is 0. The summed E-state index contributed by atoms with van der Waals surface area (Å²) in [6, 6.07) is -2.84. The van der Waals surface area contributed by atoms with Gasteiger partial charge in [-0.3, -0.25) is 29.0 Å². The maximum absolute atomic E-state index is 15.2. The first kappa shape index (κ1) is 42.9. The van der Waals surface area contributed by atoms with Crippen molar-refractivity contribution in [1.29, 1.82) is 0 Å². The maximum atomic E-state index is 15.2. The van der Waals surface area contributed by atoms with Crippen LogP contribution in [0.3, 0.4) is 0 Å².